The summed E-state index contributed by atoms with van der Waals surface area (Å²) in [7, 11) is 0. The first-order valence-corrected chi connectivity index (χ1v) is 13.3. The van der Waals surface area contributed by atoms with Gasteiger partial charge in [-0.15, -0.1) is 0 Å². The minimum Gasteiger partial charge on any atom is -0.487 e. The molecule has 4 aromatic rings. The van der Waals surface area contributed by atoms with Crippen molar-refractivity contribution in [2.24, 2.45) is 5.10 Å². The number of hydrogen-bond donors (Lipinski definition) is 1. The van der Waals surface area contributed by atoms with Crippen molar-refractivity contribution >= 4 is 66.5 Å². The van der Waals surface area contributed by atoms with Crippen molar-refractivity contribution in [3.63, 3.8) is 0 Å². The molecular formula is C27H22Br2ClN3O4. The van der Waals surface area contributed by atoms with Gasteiger partial charge in [-0.1, -0.05) is 53.5 Å². The minimum absolute atomic E-state index is 0.0128. The van der Waals surface area contributed by atoms with E-state index in [0.717, 1.165) is 10.9 Å². The van der Waals surface area contributed by atoms with E-state index in [1.165, 1.54) is 17.0 Å². The average Bonchev–Trinajstić information content (AvgIpc) is 2.87. The highest BCUT2D eigenvalue weighted by atomic mass is 79.9. The predicted octanol–water partition coefficient (Wildman–Crippen LogP) is 7.25. The molecule has 0 unspecified atom stereocenters. The van der Waals surface area contributed by atoms with Crippen molar-refractivity contribution in [3.8, 4) is 5.75 Å². The fourth-order valence-electron chi connectivity index (χ4n) is 3.68. The zero-order valence-corrected chi connectivity index (χ0v) is 23.8. The first-order chi connectivity index (χ1) is 17.7. The molecule has 0 spiro atoms. The van der Waals surface area contributed by atoms with Gasteiger partial charge in [0.25, 0.3) is 5.56 Å². The number of rotatable bonds is 8. The Balaban J connectivity index is 1.76. The monoisotopic (exact) mass is 645 g/mol. The molecule has 0 aliphatic carbocycles. The van der Waals surface area contributed by atoms with Crippen molar-refractivity contribution in [1.29, 1.82) is 0 Å². The lowest BCUT2D eigenvalue weighted by Gasteiger charge is -2.15. The summed E-state index contributed by atoms with van der Waals surface area (Å²) in [5.41, 5.74) is 1.71. The zero-order chi connectivity index (χ0) is 26.7. The van der Waals surface area contributed by atoms with Gasteiger partial charge in [0.1, 0.15) is 18.2 Å². The Hall–Kier alpha value is -3.01. The van der Waals surface area contributed by atoms with E-state index >= 15 is 0 Å². The van der Waals surface area contributed by atoms with Crippen LogP contribution in [0.5, 0.6) is 5.75 Å². The maximum Gasteiger partial charge on any atom is 0.335 e. The van der Waals surface area contributed by atoms with E-state index in [0.29, 0.717) is 43.1 Å². The van der Waals surface area contributed by atoms with E-state index in [4.69, 9.17) is 21.3 Å². The maximum atomic E-state index is 13.4. The Bertz CT molecular complexity index is 1590. The molecule has 0 saturated carbocycles. The Morgan fingerprint density at radius 2 is 2.00 bits per heavy atom. The number of carboxylic acids is 1. The van der Waals surface area contributed by atoms with Gasteiger partial charge >= 0.3 is 5.97 Å². The van der Waals surface area contributed by atoms with E-state index in [1.54, 1.807) is 42.5 Å². The predicted molar refractivity (Wildman–Crippen MR) is 152 cm³/mol. The van der Waals surface area contributed by atoms with Crippen molar-refractivity contribution < 1.29 is 14.6 Å². The molecular weight excluding hydrogens is 626 g/mol. The van der Waals surface area contributed by atoms with Crippen LogP contribution in [0, 0.1) is 0 Å². The fraction of sp³-hybridized carbons (Fsp3) is 0.185. The number of benzene rings is 3. The zero-order valence-electron chi connectivity index (χ0n) is 19.9. The van der Waals surface area contributed by atoms with E-state index in [2.05, 4.69) is 37.0 Å². The highest BCUT2D eigenvalue weighted by molar-refractivity contribution is 9.10. The summed E-state index contributed by atoms with van der Waals surface area (Å²) in [6, 6.07) is 15.3. The van der Waals surface area contributed by atoms with E-state index in [9.17, 15) is 14.7 Å². The number of carbonyl (C=O) groups is 1. The van der Waals surface area contributed by atoms with E-state index in [-0.39, 0.29) is 23.6 Å². The first kappa shape index (κ1) is 27.0. The first-order valence-electron chi connectivity index (χ1n) is 11.4. The molecule has 10 heteroatoms. The lowest BCUT2D eigenvalue weighted by atomic mass is 10.1. The second kappa shape index (κ2) is 11.6. The second-order valence-electron chi connectivity index (χ2n) is 8.40. The molecule has 1 aromatic heterocycles. The van der Waals surface area contributed by atoms with Crippen LogP contribution in [0.15, 0.2) is 73.4 Å². The van der Waals surface area contributed by atoms with Crippen LogP contribution in [-0.2, 0) is 6.61 Å². The molecule has 1 atom stereocenters. The van der Waals surface area contributed by atoms with Crippen LogP contribution in [0.1, 0.15) is 53.5 Å². The molecule has 0 aliphatic heterocycles. The summed E-state index contributed by atoms with van der Waals surface area (Å²) in [6.45, 7) is 4.14. The van der Waals surface area contributed by atoms with Gasteiger partial charge in [0.05, 0.1) is 27.2 Å². The van der Waals surface area contributed by atoms with Gasteiger partial charge in [-0.2, -0.15) is 9.78 Å². The summed E-state index contributed by atoms with van der Waals surface area (Å²) in [6.07, 6.45) is 2.29. The number of halogens is 3. The van der Waals surface area contributed by atoms with Gasteiger partial charge in [0.2, 0.25) is 0 Å². The number of hydrogen-bond acceptors (Lipinski definition) is 5. The topological polar surface area (TPSA) is 93.8 Å². The summed E-state index contributed by atoms with van der Waals surface area (Å²) >= 11 is 13.2. The van der Waals surface area contributed by atoms with Crippen LogP contribution in [0.3, 0.4) is 0 Å². The van der Waals surface area contributed by atoms with Gasteiger partial charge in [-0.3, -0.25) is 4.79 Å². The number of aromatic nitrogens is 2. The maximum absolute atomic E-state index is 13.4. The molecule has 0 fully saturated rings. The summed E-state index contributed by atoms with van der Waals surface area (Å²) in [4.78, 5) is 29.5. The number of aromatic carboxylic acids is 1. The summed E-state index contributed by atoms with van der Waals surface area (Å²) in [5.74, 6) is -0.0294. The molecule has 1 N–H and O–H groups in total. The number of carboxylic acid groups (broad SMARTS) is 1. The van der Waals surface area contributed by atoms with Crippen molar-refractivity contribution in [3.05, 3.63) is 101 Å². The third-order valence-electron chi connectivity index (χ3n) is 5.79. The van der Waals surface area contributed by atoms with Crippen LogP contribution in [0.2, 0.25) is 5.02 Å². The average molecular weight is 648 g/mol. The standard InChI is InChI=1S/C27H22Br2ClN3O4/c1-3-15(2)25-32-23-8-7-19(28)11-21(23)26(34)33(25)31-13-18-10-20(30)12-22(29)24(18)37-14-16-5-4-6-17(9-16)27(35)36/h4-13,15H,3,14H2,1-2H3,(H,35,36)/t15-/m0/s1. The largest absolute Gasteiger partial charge is 0.487 e. The third kappa shape index (κ3) is 6.11. The highest BCUT2D eigenvalue weighted by Crippen LogP contribution is 2.33. The summed E-state index contributed by atoms with van der Waals surface area (Å²) < 4.78 is 8.72. The molecule has 0 bridgehead atoms. The third-order valence-corrected chi connectivity index (χ3v) is 7.09. The smallest absolute Gasteiger partial charge is 0.335 e. The van der Waals surface area contributed by atoms with Crippen LogP contribution in [-0.4, -0.2) is 27.0 Å². The molecule has 1 heterocycles. The Morgan fingerprint density at radius 3 is 2.73 bits per heavy atom. The molecule has 190 valence electrons. The molecule has 0 aliphatic rings. The summed E-state index contributed by atoms with van der Waals surface area (Å²) in [5, 5.41) is 14.7. The Kier molecular flexibility index (Phi) is 8.46. The normalized spacial score (nSPS) is 12.2. The van der Waals surface area contributed by atoms with Gasteiger partial charge in [0.15, 0.2) is 0 Å². The Morgan fingerprint density at radius 1 is 1.22 bits per heavy atom. The van der Waals surface area contributed by atoms with Gasteiger partial charge in [0, 0.05) is 21.0 Å². The molecule has 37 heavy (non-hydrogen) atoms. The highest BCUT2D eigenvalue weighted by Gasteiger charge is 2.17. The SMILES string of the molecule is CC[C@H](C)c1nc2ccc(Br)cc2c(=O)n1N=Cc1cc(Cl)cc(Br)c1OCc1cccc(C(=O)O)c1. The number of ether oxygens (including phenoxy) is 1. The van der Waals surface area contributed by atoms with Gasteiger partial charge in [-0.05, 0) is 70.4 Å². The molecule has 0 radical (unpaired) electrons. The van der Waals surface area contributed by atoms with E-state index in [1.807, 2.05) is 19.9 Å². The lowest BCUT2D eigenvalue weighted by Crippen LogP contribution is -2.23. The van der Waals surface area contributed by atoms with Crippen molar-refractivity contribution in [2.75, 3.05) is 0 Å². The molecule has 4 rings (SSSR count). The number of fused-ring (bicyclic) bond motifs is 1. The molecule has 0 amide bonds. The van der Waals surface area contributed by atoms with Crippen molar-refractivity contribution in [2.45, 2.75) is 32.8 Å². The van der Waals surface area contributed by atoms with Gasteiger partial charge < -0.3 is 9.84 Å². The minimum atomic E-state index is -1.01. The van der Waals surface area contributed by atoms with Gasteiger partial charge in [-0.25, -0.2) is 9.78 Å². The lowest BCUT2D eigenvalue weighted by molar-refractivity contribution is 0.0696. The molecule has 7 nitrogen and oxygen atoms in total. The van der Waals surface area contributed by atoms with Crippen LogP contribution >= 0.6 is 43.5 Å². The fourth-order valence-corrected chi connectivity index (χ4v) is 4.99. The Labute approximate surface area is 235 Å². The number of nitrogens with zero attached hydrogens (tertiary/aromatic N) is 3. The molecule has 3 aromatic carbocycles. The second-order valence-corrected chi connectivity index (χ2v) is 10.6. The van der Waals surface area contributed by atoms with Crippen molar-refractivity contribution in [1.82, 2.24) is 9.66 Å². The van der Waals surface area contributed by atoms with Crippen LogP contribution in [0.25, 0.3) is 10.9 Å². The van der Waals surface area contributed by atoms with Crippen LogP contribution in [0.4, 0.5) is 0 Å². The van der Waals surface area contributed by atoms with E-state index < -0.39 is 5.97 Å². The van der Waals surface area contributed by atoms with Crippen LogP contribution < -0.4 is 10.3 Å². The molecule has 0 saturated heterocycles. The quantitative estimate of drug-likeness (QED) is 0.204.